The normalized spacial score (nSPS) is 10.7. The number of benzene rings is 1. The first-order valence-corrected chi connectivity index (χ1v) is 5.61. The first-order chi connectivity index (χ1) is 8.58. The highest BCUT2D eigenvalue weighted by Crippen LogP contribution is 2.18. The maximum atomic E-state index is 13.2. The third-order valence-corrected chi connectivity index (χ3v) is 2.60. The molecule has 2 rings (SSSR count). The van der Waals surface area contributed by atoms with Gasteiger partial charge in [0.15, 0.2) is 0 Å². The van der Waals surface area contributed by atoms with Crippen molar-refractivity contribution in [2.75, 3.05) is 0 Å². The summed E-state index contributed by atoms with van der Waals surface area (Å²) < 4.78 is 20.4. The van der Waals surface area contributed by atoms with Crippen molar-refractivity contribution in [1.82, 2.24) is 9.78 Å². The Balaban J connectivity index is 2.10. The van der Waals surface area contributed by atoms with Gasteiger partial charge >= 0.3 is 0 Å². The lowest BCUT2D eigenvalue weighted by molar-refractivity contribution is 0.274. The Morgan fingerprint density at radius 3 is 2.72 bits per heavy atom. The summed E-state index contributed by atoms with van der Waals surface area (Å²) in [6, 6.07) is 6.10. The number of hydrogen-bond donors (Lipinski definition) is 1. The van der Waals surface area contributed by atoms with Crippen LogP contribution in [-0.4, -0.2) is 14.9 Å². The minimum atomic E-state index is -0.419. The second-order valence-electron chi connectivity index (χ2n) is 4.14. The van der Waals surface area contributed by atoms with Crippen LogP contribution in [0.5, 0.6) is 5.75 Å². The Morgan fingerprint density at radius 1 is 1.33 bits per heavy atom. The quantitative estimate of drug-likeness (QED) is 0.902. The Bertz CT molecular complexity index is 552. The average Bonchev–Trinajstić information content (AvgIpc) is 2.64. The molecule has 0 aliphatic heterocycles. The van der Waals surface area contributed by atoms with Gasteiger partial charge in [-0.2, -0.15) is 5.10 Å². The van der Waals surface area contributed by atoms with Crippen LogP contribution in [0.2, 0.25) is 0 Å². The number of aryl methyl sites for hydroxylation is 2. The fourth-order valence-corrected chi connectivity index (χ4v) is 1.75. The van der Waals surface area contributed by atoms with Gasteiger partial charge in [0.1, 0.15) is 18.2 Å². The third kappa shape index (κ3) is 2.87. The zero-order chi connectivity index (χ0) is 13.1. The Morgan fingerprint density at radius 2 is 2.11 bits per heavy atom. The van der Waals surface area contributed by atoms with E-state index in [9.17, 15) is 4.39 Å². The summed E-state index contributed by atoms with van der Waals surface area (Å²) in [5, 5.41) is 13.2. The molecule has 0 aliphatic carbocycles. The standard InChI is InChI=1S/C13H15FN2O2/c1-9-3-12(16(2)15-9)8-18-13-5-10(7-17)4-11(14)6-13/h3-6,17H,7-8H2,1-2H3. The third-order valence-electron chi connectivity index (χ3n) is 2.60. The van der Waals surface area contributed by atoms with Gasteiger partial charge in [-0.1, -0.05) is 0 Å². The van der Waals surface area contributed by atoms with Crippen LogP contribution in [-0.2, 0) is 20.3 Å². The van der Waals surface area contributed by atoms with Crippen molar-refractivity contribution >= 4 is 0 Å². The minimum Gasteiger partial charge on any atom is -0.487 e. The van der Waals surface area contributed by atoms with Gasteiger partial charge in [0.25, 0.3) is 0 Å². The molecule has 0 saturated heterocycles. The predicted molar refractivity (Wildman–Crippen MR) is 64.6 cm³/mol. The molecule has 1 heterocycles. The zero-order valence-corrected chi connectivity index (χ0v) is 10.4. The van der Waals surface area contributed by atoms with E-state index in [0.717, 1.165) is 11.4 Å². The summed E-state index contributed by atoms with van der Waals surface area (Å²) >= 11 is 0. The molecule has 96 valence electrons. The summed E-state index contributed by atoms with van der Waals surface area (Å²) in [5.74, 6) is -0.0179. The van der Waals surface area contributed by atoms with Crippen LogP contribution in [0.4, 0.5) is 4.39 Å². The van der Waals surface area contributed by atoms with Gasteiger partial charge in [-0.05, 0) is 30.7 Å². The highest BCUT2D eigenvalue weighted by Gasteiger charge is 2.05. The van der Waals surface area contributed by atoms with Crippen molar-refractivity contribution in [3.63, 3.8) is 0 Å². The van der Waals surface area contributed by atoms with E-state index in [1.807, 2.05) is 20.0 Å². The number of rotatable bonds is 4. The number of aromatic nitrogens is 2. The van der Waals surface area contributed by atoms with E-state index >= 15 is 0 Å². The van der Waals surface area contributed by atoms with E-state index in [4.69, 9.17) is 9.84 Å². The number of aliphatic hydroxyl groups is 1. The van der Waals surface area contributed by atoms with E-state index in [1.54, 1.807) is 10.7 Å². The number of halogens is 1. The number of ether oxygens (including phenoxy) is 1. The molecule has 0 fully saturated rings. The zero-order valence-electron chi connectivity index (χ0n) is 10.4. The lowest BCUT2D eigenvalue weighted by atomic mass is 10.2. The van der Waals surface area contributed by atoms with Gasteiger partial charge in [0.05, 0.1) is 18.0 Å². The summed E-state index contributed by atoms with van der Waals surface area (Å²) in [4.78, 5) is 0. The maximum Gasteiger partial charge on any atom is 0.130 e. The molecule has 1 N–H and O–H groups in total. The predicted octanol–water partition coefficient (Wildman–Crippen LogP) is 1.94. The molecule has 1 aromatic carbocycles. The molecule has 18 heavy (non-hydrogen) atoms. The van der Waals surface area contributed by atoms with E-state index < -0.39 is 5.82 Å². The van der Waals surface area contributed by atoms with Crippen molar-refractivity contribution in [3.8, 4) is 5.75 Å². The Kier molecular flexibility index (Phi) is 3.62. The van der Waals surface area contributed by atoms with Crippen LogP contribution in [0, 0.1) is 12.7 Å². The smallest absolute Gasteiger partial charge is 0.130 e. The number of nitrogens with zero attached hydrogens (tertiary/aromatic N) is 2. The topological polar surface area (TPSA) is 47.3 Å². The SMILES string of the molecule is Cc1cc(COc2cc(F)cc(CO)c2)n(C)n1. The minimum absolute atomic E-state index is 0.209. The lowest BCUT2D eigenvalue weighted by Gasteiger charge is -2.08. The molecule has 0 atom stereocenters. The number of hydrogen-bond acceptors (Lipinski definition) is 3. The molecule has 0 aliphatic rings. The van der Waals surface area contributed by atoms with Gasteiger partial charge < -0.3 is 9.84 Å². The van der Waals surface area contributed by atoms with Crippen LogP contribution in [0.25, 0.3) is 0 Å². The van der Waals surface area contributed by atoms with Crippen LogP contribution < -0.4 is 4.74 Å². The monoisotopic (exact) mass is 250 g/mol. The van der Waals surface area contributed by atoms with Gasteiger partial charge in [-0.25, -0.2) is 4.39 Å². The highest BCUT2D eigenvalue weighted by molar-refractivity contribution is 5.29. The maximum absolute atomic E-state index is 13.2. The van der Waals surface area contributed by atoms with Crippen molar-refractivity contribution < 1.29 is 14.2 Å². The van der Waals surface area contributed by atoms with Crippen LogP contribution in [0.3, 0.4) is 0 Å². The number of aliphatic hydroxyl groups excluding tert-OH is 1. The molecule has 0 amide bonds. The molecule has 0 saturated carbocycles. The van der Waals surface area contributed by atoms with E-state index in [2.05, 4.69) is 5.10 Å². The fourth-order valence-electron chi connectivity index (χ4n) is 1.75. The fraction of sp³-hybridized carbons (Fsp3) is 0.308. The molecule has 4 nitrogen and oxygen atoms in total. The van der Waals surface area contributed by atoms with Crippen molar-refractivity contribution in [2.24, 2.45) is 7.05 Å². The van der Waals surface area contributed by atoms with Crippen LogP contribution >= 0.6 is 0 Å². The summed E-state index contributed by atoms with van der Waals surface area (Å²) in [6.07, 6.45) is 0. The summed E-state index contributed by atoms with van der Waals surface area (Å²) in [6.45, 7) is 2.00. The first kappa shape index (κ1) is 12.6. The molecular formula is C13H15FN2O2. The Labute approximate surface area is 105 Å². The molecule has 0 bridgehead atoms. The van der Waals surface area contributed by atoms with Crippen molar-refractivity contribution in [1.29, 1.82) is 0 Å². The van der Waals surface area contributed by atoms with Gasteiger partial charge in [0, 0.05) is 13.1 Å². The molecule has 2 aromatic rings. The second-order valence-corrected chi connectivity index (χ2v) is 4.14. The molecule has 0 spiro atoms. The summed E-state index contributed by atoms with van der Waals surface area (Å²) in [7, 11) is 1.83. The van der Waals surface area contributed by atoms with E-state index in [-0.39, 0.29) is 6.61 Å². The second kappa shape index (κ2) is 5.18. The first-order valence-electron chi connectivity index (χ1n) is 5.61. The molecular weight excluding hydrogens is 235 g/mol. The molecule has 5 heteroatoms. The summed E-state index contributed by atoms with van der Waals surface area (Å²) in [5.41, 5.74) is 2.31. The van der Waals surface area contributed by atoms with Gasteiger partial charge in [-0.3, -0.25) is 4.68 Å². The molecule has 0 unspecified atom stereocenters. The Hall–Kier alpha value is -1.88. The molecule has 0 radical (unpaired) electrons. The van der Waals surface area contributed by atoms with Crippen molar-refractivity contribution in [3.05, 3.63) is 47.0 Å². The van der Waals surface area contributed by atoms with E-state index in [0.29, 0.717) is 17.9 Å². The van der Waals surface area contributed by atoms with Gasteiger partial charge in [-0.15, -0.1) is 0 Å². The van der Waals surface area contributed by atoms with Gasteiger partial charge in [0.2, 0.25) is 0 Å². The largest absolute Gasteiger partial charge is 0.487 e. The van der Waals surface area contributed by atoms with Crippen LogP contribution in [0.1, 0.15) is 17.0 Å². The van der Waals surface area contributed by atoms with Crippen LogP contribution in [0.15, 0.2) is 24.3 Å². The molecule has 1 aromatic heterocycles. The average molecular weight is 250 g/mol. The lowest BCUT2D eigenvalue weighted by Crippen LogP contribution is -2.03. The van der Waals surface area contributed by atoms with E-state index in [1.165, 1.54) is 12.1 Å². The van der Waals surface area contributed by atoms with Crippen molar-refractivity contribution in [2.45, 2.75) is 20.1 Å². The highest BCUT2D eigenvalue weighted by atomic mass is 19.1.